The van der Waals surface area contributed by atoms with E-state index >= 15 is 0 Å². The molecule has 0 radical (unpaired) electrons. The van der Waals surface area contributed by atoms with Crippen LogP contribution in [0.15, 0.2) is 22.1 Å². The number of esters is 1. The molecule has 0 aromatic heterocycles. The molecule has 0 aliphatic carbocycles. The van der Waals surface area contributed by atoms with Gasteiger partial charge in [0.25, 0.3) is 6.23 Å². The SMILES string of the molecule is CCCC(=O)OC1N=c2cc(Cl)c(Cl)cc2=NC1=O. The van der Waals surface area contributed by atoms with E-state index in [1.165, 1.54) is 12.1 Å². The molecule has 0 saturated carbocycles. The number of nitrogens with zero attached hydrogens (tertiary/aromatic N) is 2. The summed E-state index contributed by atoms with van der Waals surface area (Å²) in [5.74, 6) is -1.11. The average Bonchev–Trinajstić information content (AvgIpc) is 2.33. The van der Waals surface area contributed by atoms with Crippen molar-refractivity contribution in [2.75, 3.05) is 0 Å². The van der Waals surface area contributed by atoms with Crippen LogP contribution in [0.5, 0.6) is 0 Å². The van der Waals surface area contributed by atoms with Gasteiger partial charge in [0.15, 0.2) is 0 Å². The maximum Gasteiger partial charge on any atom is 0.310 e. The summed E-state index contributed by atoms with van der Waals surface area (Å²) in [5, 5.41) is 1.28. The van der Waals surface area contributed by atoms with Crippen molar-refractivity contribution in [2.45, 2.75) is 26.0 Å². The monoisotopic (exact) mass is 300 g/mol. The summed E-state index contributed by atoms with van der Waals surface area (Å²) < 4.78 is 4.95. The summed E-state index contributed by atoms with van der Waals surface area (Å²) in [5.41, 5.74) is 0. The second-order valence-corrected chi connectivity index (χ2v) is 4.74. The number of halogens is 2. The molecule has 1 heterocycles. The van der Waals surface area contributed by atoms with Crippen LogP contribution in [0.1, 0.15) is 19.8 Å². The van der Waals surface area contributed by atoms with Crippen LogP contribution in [0.3, 0.4) is 0 Å². The van der Waals surface area contributed by atoms with Crippen LogP contribution in [0.25, 0.3) is 0 Å². The summed E-state index contributed by atoms with van der Waals surface area (Å²) in [6, 6.07) is 2.93. The molecular weight excluding hydrogens is 291 g/mol. The molecule has 1 aliphatic heterocycles. The first-order valence-corrected chi connectivity index (χ1v) is 6.42. The second-order valence-electron chi connectivity index (χ2n) is 3.93. The highest BCUT2D eigenvalue weighted by Crippen LogP contribution is 2.17. The van der Waals surface area contributed by atoms with E-state index in [4.69, 9.17) is 27.9 Å². The average molecular weight is 301 g/mol. The number of fused-ring (bicyclic) bond motifs is 1. The molecule has 1 aromatic carbocycles. The highest BCUT2D eigenvalue weighted by Gasteiger charge is 2.23. The molecule has 1 unspecified atom stereocenters. The predicted molar refractivity (Wildman–Crippen MR) is 68.6 cm³/mol. The lowest BCUT2D eigenvalue weighted by atomic mass is 10.3. The fraction of sp³-hybridized carbons (Fsp3) is 0.333. The van der Waals surface area contributed by atoms with Crippen molar-refractivity contribution in [3.63, 3.8) is 0 Å². The third-order valence-corrected chi connectivity index (χ3v) is 3.14. The summed E-state index contributed by atoms with van der Waals surface area (Å²) in [6.07, 6.45) is -0.369. The van der Waals surface area contributed by atoms with Gasteiger partial charge in [0.05, 0.1) is 20.8 Å². The van der Waals surface area contributed by atoms with E-state index in [1.54, 1.807) is 0 Å². The van der Waals surface area contributed by atoms with Gasteiger partial charge in [-0.3, -0.25) is 9.59 Å². The van der Waals surface area contributed by atoms with Crippen molar-refractivity contribution in [3.05, 3.63) is 32.9 Å². The molecule has 1 amide bonds. The van der Waals surface area contributed by atoms with Crippen molar-refractivity contribution in [2.24, 2.45) is 9.98 Å². The van der Waals surface area contributed by atoms with Crippen molar-refractivity contribution in [1.29, 1.82) is 0 Å². The molecule has 0 fully saturated rings. The zero-order valence-corrected chi connectivity index (χ0v) is 11.5. The quantitative estimate of drug-likeness (QED) is 0.793. The number of carbonyl (C=O) groups is 2. The van der Waals surface area contributed by atoms with E-state index in [2.05, 4.69) is 9.98 Å². The van der Waals surface area contributed by atoms with Gasteiger partial charge in [-0.25, -0.2) is 9.98 Å². The minimum atomic E-state index is -1.23. The Bertz CT molecular complexity index is 658. The Balaban J connectivity index is 2.36. The standard InChI is InChI=1S/C12H10Cl2N2O3/c1-2-3-10(17)19-12-11(18)15-8-4-6(13)7(14)5-9(8)16-12/h4-5,12H,2-3H2,1H3. The molecular formula is C12H10Cl2N2O3. The third kappa shape index (κ3) is 3.11. The lowest BCUT2D eigenvalue weighted by Crippen LogP contribution is -2.38. The first kappa shape index (κ1) is 14.0. The molecule has 1 atom stereocenters. The van der Waals surface area contributed by atoms with E-state index in [0.717, 1.165) is 0 Å². The summed E-state index contributed by atoms with van der Waals surface area (Å²) in [7, 11) is 0. The van der Waals surface area contributed by atoms with Gasteiger partial charge in [0.2, 0.25) is 0 Å². The Hall–Kier alpha value is -1.46. The molecule has 100 valence electrons. The van der Waals surface area contributed by atoms with Crippen LogP contribution in [0.4, 0.5) is 0 Å². The Morgan fingerprint density at radius 1 is 1.32 bits per heavy atom. The number of ether oxygens (including phenoxy) is 1. The van der Waals surface area contributed by atoms with Gasteiger partial charge in [0, 0.05) is 6.42 Å². The third-order valence-electron chi connectivity index (χ3n) is 2.41. The van der Waals surface area contributed by atoms with E-state index in [-0.39, 0.29) is 11.4 Å². The summed E-state index contributed by atoms with van der Waals surface area (Å²) >= 11 is 11.7. The minimum Gasteiger partial charge on any atom is -0.430 e. The van der Waals surface area contributed by atoms with Crippen molar-refractivity contribution >= 4 is 35.1 Å². The summed E-state index contributed by atoms with van der Waals surface area (Å²) in [6.45, 7) is 1.84. The van der Waals surface area contributed by atoms with E-state index in [0.29, 0.717) is 22.2 Å². The Kier molecular flexibility index (Phi) is 4.17. The molecule has 0 saturated heterocycles. The molecule has 0 spiro atoms. The number of rotatable bonds is 3. The number of hydrogen-bond donors (Lipinski definition) is 0. The molecule has 1 aromatic rings. The number of carbonyl (C=O) groups excluding carboxylic acids is 2. The van der Waals surface area contributed by atoms with Crippen molar-refractivity contribution < 1.29 is 14.3 Å². The van der Waals surface area contributed by atoms with Crippen LogP contribution in [-0.4, -0.2) is 18.1 Å². The lowest BCUT2D eigenvalue weighted by molar-refractivity contribution is -0.154. The van der Waals surface area contributed by atoms with E-state index < -0.39 is 18.1 Å². The normalized spacial score (nSPS) is 17.2. The lowest BCUT2D eigenvalue weighted by Gasteiger charge is -2.12. The summed E-state index contributed by atoms with van der Waals surface area (Å²) in [4.78, 5) is 30.9. The first-order valence-electron chi connectivity index (χ1n) is 5.66. The topological polar surface area (TPSA) is 68.1 Å². The van der Waals surface area contributed by atoms with Gasteiger partial charge >= 0.3 is 11.9 Å². The smallest absolute Gasteiger partial charge is 0.310 e. The fourth-order valence-electron chi connectivity index (χ4n) is 1.54. The minimum absolute atomic E-state index is 0.230. The molecule has 2 rings (SSSR count). The maximum absolute atomic E-state index is 11.7. The highest BCUT2D eigenvalue weighted by atomic mass is 35.5. The van der Waals surface area contributed by atoms with Crippen LogP contribution in [0.2, 0.25) is 10.0 Å². The zero-order valence-electron chi connectivity index (χ0n) is 10.0. The number of hydrogen-bond acceptors (Lipinski definition) is 4. The largest absolute Gasteiger partial charge is 0.430 e. The van der Waals surface area contributed by atoms with Gasteiger partial charge < -0.3 is 4.74 Å². The fourth-order valence-corrected chi connectivity index (χ4v) is 1.85. The predicted octanol–water partition coefficient (Wildman–Crippen LogP) is 1.44. The van der Waals surface area contributed by atoms with Crippen molar-refractivity contribution in [1.82, 2.24) is 0 Å². The number of benzene rings is 1. The highest BCUT2D eigenvalue weighted by molar-refractivity contribution is 6.41. The molecule has 5 nitrogen and oxygen atoms in total. The van der Waals surface area contributed by atoms with Crippen LogP contribution >= 0.6 is 23.2 Å². The first-order chi connectivity index (χ1) is 9.01. The molecule has 0 bridgehead atoms. The van der Waals surface area contributed by atoms with Gasteiger partial charge in [-0.2, -0.15) is 0 Å². The van der Waals surface area contributed by atoms with Gasteiger partial charge in [-0.15, -0.1) is 0 Å². The maximum atomic E-state index is 11.7. The Morgan fingerprint density at radius 3 is 2.58 bits per heavy atom. The van der Waals surface area contributed by atoms with Gasteiger partial charge in [-0.1, -0.05) is 30.1 Å². The second kappa shape index (κ2) is 5.67. The van der Waals surface area contributed by atoms with E-state index in [1.807, 2.05) is 6.92 Å². The molecule has 19 heavy (non-hydrogen) atoms. The van der Waals surface area contributed by atoms with Crippen LogP contribution in [0, 0.1) is 0 Å². The Morgan fingerprint density at radius 2 is 1.95 bits per heavy atom. The Labute approximate surface area is 118 Å². The van der Waals surface area contributed by atoms with Crippen LogP contribution in [-0.2, 0) is 14.3 Å². The van der Waals surface area contributed by atoms with Crippen LogP contribution < -0.4 is 10.7 Å². The van der Waals surface area contributed by atoms with E-state index in [9.17, 15) is 9.59 Å². The molecule has 0 N–H and O–H groups in total. The number of amides is 1. The zero-order chi connectivity index (χ0) is 14.0. The molecule has 7 heteroatoms. The van der Waals surface area contributed by atoms with Crippen molar-refractivity contribution in [3.8, 4) is 0 Å². The van der Waals surface area contributed by atoms with Gasteiger partial charge in [0.1, 0.15) is 0 Å². The molecule has 1 aliphatic rings. The van der Waals surface area contributed by atoms with Gasteiger partial charge in [-0.05, 0) is 18.6 Å².